The molecule has 0 saturated carbocycles. The Morgan fingerprint density at radius 2 is 2.25 bits per heavy atom. The van der Waals surface area contributed by atoms with E-state index in [1.54, 1.807) is 0 Å². The molecule has 16 heavy (non-hydrogen) atoms. The molecule has 1 N–H and O–H groups in total. The summed E-state index contributed by atoms with van der Waals surface area (Å²) >= 11 is 0. The second kappa shape index (κ2) is 4.28. The van der Waals surface area contributed by atoms with Crippen molar-refractivity contribution < 1.29 is 0 Å². The number of aryl methyl sites for hydroxylation is 1. The van der Waals surface area contributed by atoms with Crippen LogP contribution >= 0.6 is 0 Å². The van der Waals surface area contributed by atoms with Crippen molar-refractivity contribution in [3.63, 3.8) is 0 Å². The molecule has 0 radical (unpaired) electrons. The number of anilines is 1. The van der Waals surface area contributed by atoms with Crippen molar-refractivity contribution in [2.24, 2.45) is 7.05 Å². The summed E-state index contributed by atoms with van der Waals surface area (Å²) in [6, 6.07) is 10.4. The van der Waals surface area contributed by atoms with E-state index >= 15 is 0 Å². The van der Waals surface area contributed by atoms with Crippen LogP contribution in [0.3, 0.4) is 0 Å². The summed E-state index contributed by atoms with van der Waals surface area (Å²) in [6.45, 7) is 2.00. The zero-order valence-electron chi connectivity index (χ0n) is 9.57. The molecular weight excluding hydrogens is 198 g/mol. The maximum atomic E-state index is 8.89. The molecule has 1 atom stereocenters. The molecule has 3 heteroatoms. The number of hydrogen-bond acceptors (Lipinski definition) is 2. The Kier molecular flexibility index (Phi) is 2.82. The van der Waals surface area contributed by atoms with Crippen LogP contribution in [0.15, 0.2) is 30.5 Å². The molecule has 0 saturated heterocycles. The molecule has 2 aromatic rings. The highest BCUT2D eigenvalue weighted by Crippen LogP contribution is 2.20. The van der Waals surface area contributed by atoms with Gasteiger partial charge >= 0.3 is 0 Å². The molecule has 0 fully saturated rings. The van der Waals surface area contributed by atoms with Gasteiger partial charge in [-0.25, -0.2) is 0 Å². The van der Waals surface area contributed by atoms with E-state index in [0.717, 1.165) is 12.1 Å². The van der Waals surface area contributed by atoms with Crippen molar-refractivity contribution in [1.82, 2.24) is 4.57 Å². The van der Waals surface area contributed by atoms with Crippen LogP contribution in [0.5, 0.6) is 0 Å². The van der Waals surface area contributed by atoms with E-state index in [0.29, 0.717) is 0 Å². The van der Waals surface area contributed by atoms with Crippen LogP contribution in [0, 0.1) is 11.3 Å². The molecule has 1 aromatic heterocycles. The van der Waals surface area contributed by atoms with Gasteiger partial charge in [-0.3, -0.25) is 0 Å². The first kappa shape index (κ1) is 10.6. The van der Waals surface area contributed by atoms with Crippen molar-refractivity contribution in [2.45, 2.75) is 19.4 Å². The Hall–Kier alpha value is -1.95. The van der Waals surface area contributed by atoms with Gasteiger partial charge in [0.2, 0.25) is 0 Å². The average Bonchev–Trinajstić information content (AvgIpc) is 2.68. The standard InChI is InChI=1S/C13H15N3/c1-3-11(9-14)15-12-4-5-13-10(8-12)6-7-16(13)2/h4-8,11,15H,3H2,1-2H3. The van der Waals surface area contributed by atoms with Crippen molar-refractivity contribution in [3.05, 3.63) is 30.5 Å². The van der Waals surface area contributed by atoms with E-state index in [1.165, 1.54) is 10.9 Å². The summed E-state index contributed by atoms with van der Waals surface area (Å²) in [5.41, 5.74) is 2.21. The zero-order valence-corrected chi connectivity index (χ0v) is 9.57. The Morgan fingerprint density at radius 3 is 2.94 bits per heavy atom. The average molecular weight is 213 g/mol. The van der Waals surface area contributed by atoms with E-state index in [9.17, 15) is 0 Å². The summed E-state index contributed by atoms with van der Waals surface area (Å²) < 4.78 is 2.08. The van der Waals surface area contributed by atoms with E-state index < -0.39 is 0 Å². The molecule has 0 aliphatic rings. The molecule has 0 bridgehead atoms. The summed E-state index contributed by atoms with van der Waals surface area (Å²) in [5, 5.41) is 13.3. The number of rotatable bonds is 3. The molecule has 2 rings (SSSR count). The number of hydrogen-bond donors (Lipinski definition) is 1. The van der Waals surface area contributed by atoms with Crippen LogP contribution < -0.4 is 5.32 Å². The smallest absolute Gasteiger partial charge is 0.114 e. The minimum atomic E-state index is -0.110. The van der Waals surface area contributed by atoms with Crippen LogP contribution in [0.4, 0.5) is 5.69 Å². The lowest BCUT2D eigenvalue weighted by Crippen LogP contribution is -2.15. The van der Waals surface area contributed by atoms with E-state index in [4.69, 9.17) is 5.26 Å². The van der Waals surface area contributed by atoms with E-state index in [-0.39, 0.29) is 6.04 Å². The van der Waals surface area contributed by atoms with Gasteiger partial charge in [0, 0.05) is 29.8 Å². The lowest BCUT2D eigenvalue weighted by Gasteiger charge is -2.10. The molecule has 1 heterocycles. The Labute approximate surface area is 95.3 Å². The molecule has 1 unspecified atom stereocenters. The summed E-state index contributed by atoms with van der Waals surface area (Å²) in [4.78, 5) is 0. The van der Waals surface area contributed by atoms with Gasteiger partial charge < -0.3 is 9.88 Å². The quantitative estimate of drug-likeness (QED) is 0.851. The fraction of sp³-hybridized carbons (Fsp3) is 0.308. The fourth-order valence-electron chi connectivity index (χ4n) is 1.80. The molecule has 1 aromatic carbocycles. The maximum absolute atomic E-state index is 8.89. The largest absolute Gasteiger partial charge is 0.370 e. The molecule has 82 valence electrons. The topological polar surface area (TPSA) is 40.8 Å². The minimum absolute atomic E-state index is 0.110. The molecule has 0 aliphatic heterocycles. The van der Waals surface area contributed by atoms with Crippen molar-refractivity contribution in [3.8, 4) is 6.07 Å². The second-order valence-corrected chi connectivity index (χ2v) is 3.93. The molecule has 0 aliphatic carbocycles. The SMILES string of the molecule is CCC(C#N)Nc1ccc2c(ccn2C)c1. The van der Waals surface area contributed by atoms with Crippen molar-refractivity contribution >= 4 is 16.6 Å². The monoisotopic (exact) mass is 213 g/mol. The Morgan fingerprint density at radius 1 is 1.44 bits per heavy atom. The van der Waals surface area contributed by atoms with Gasteiger partial charge in [0.25, 0.3) is 0 Å². The normalized spacial score (nSPS) is 12.3. The summed E-state index contributed by atoms with van der Waals surface area (Å²) in [5.74, 6) is 0. The molecule has 3 nitrogen and oxygen atoms in total. The highest BCUT2D eigenvalue weighted by molar-refractivity contribution is 5.83. The first-order chi connectivity index (χ1) is 7.74. The first-order valence-electron chi connectivity index (χ1n) is 5.46. The molecule has 0 spiro atoms. The number of benzene rings is 1. The number of aromatic nitrogens is 1. The third kappa shape index (κ3) is 1.87. The molecule has 0 amide bonds. The highest BCUT2D eigenvalue weighted by Gasteiger charge is 2.04. The van der Waals surface area contributed by atoms with Crippen molar-refractivity contribution in [1.29, 1.82) is 5.26 Å². The summed E-state index contributed by atoms with van der Waals surface area (Å²) in [7, 11) is 2.03. The van der Waals surface area contributed by atoms with Gasteiger partial charge in [-0.15, -0.1) is 0 Å². The van der Waals surface area contributed by atoms with Crippen LogP contribution in [-0.4, -0.2) is 10.6 Å². The number of nitrogens with one attached hydrogen (secondary N) is 1. The third-order valence-corrected chi connectivity index (χ3v) is 2.79. The minimum Gasteiger partial charge on any atom is -0.370 e. The maximum Gasteiger partial charge on any atom is 0.114 e. The first-order valence-corrected chi connectivity index (χ1v) is 5.46. The van der Waals surface area contributed by atoms with Gasteiger partial charge in [-0.1, -0.05) is 6.92 Å². The van der Waals surface area contributed by atoms with Crippen LogP contribution in [-0.2, 0) is 7.05 Å². The number of nitriles is 1. The van der Waals surface area contributed by atoms with Crippen LogP contribution in [0.1, 0.15) is 13.3 Å². The predicted molar refractivity (Wildman–Crippen MR) is 66.2 cm³/mol. The zero-order chi connectivity index (χ0) is 11.5. The second-order valence-electron chi connectivity index (χ2n) is 3.93. The van der Waals surface area contributed by atoms with Crippen LogP contribution in [0.25, 0.3) is 10.9 Å². The highest BCUT2D eigenvalue weighted by atomic mass is 14.9. The Balaban J connectivity index is 2.30. The molecular formula is C13H15N3. The Bertz CT molecular complexity index is 534. The van der Waals surface area contributed by atoms with E-state index in [2.05, 4.69) is 34.2 Å². The lowest BCUT2D eigenvalue weighted by atomic mass is 10.2. The van der Waals surface area contributed by atoms with Crippen molar-refractivity contribution in [2.75, 3.05) is 5.32 Å². The van der Waals surface area contributed by atoms with Gasteiger partial charge in [0.1, 0.15) is 6.04 Å². The number of fused-ring (bicyclic) bond motifs is 1. The lowest BCUT2D eigenvalue weighted by molar-refractivity contribution is 0.845. The predicted octanol–water partition coefficient (Wildman–Crippen LogP) is 2.89. The third-order valence-electron chi connectivity index (χ3n) is 2.79. The van der Waals surface area contributed by atoms with Gasteiger partial charge in [0.15, 0.2) is 0 Å². The van der Waals surface area contributed by atoms with E-state index in [1.807, 2.05) is 26.2 Å². The van der Waals surface area contributed by atoms with Gasteiger partial charge in [-0.2, -0.15) is 5.26 Å². The van der Waals surface area contributed by atoms with Gasteiger partial charge in [-0.05, 0) is 30.7 Å². The number of nitrogens with zero attached hydrogens (tertiary/aromatic N) is 2. The van der Waals surface area contributed by atoms with Gasteiger partial charge in [0.05, 0.1) is 6.07 Å². The fourth-order valence-corrected chi connectivity index (χ4v) is 1.80. The van der Waals surface area contributed by atoms with Crippen LogP contribution in [0.2, 0.25) is 0 Å². The summed E-state index contributed by atoms with van der Waals surface area (Å²) in [6.07, 6.45) is 2.85.